The number of alkyl halides is 3. The molecule has 6 heterocycles. The number of H-pyrrole nitrogens is 1. The van der Waals surface area contributed by atoms with Crippen molar-refractivity contribution in [1.82, 2.24) is 39.5 Å². The normalized spacial score (nSPS) is 24.2. The van der Waals surface area contributed by atoms with Gasteiger partial charge in [-0.05, 0) is 48.8 Å². The molecular weight excluding hydrogens is 583 g/mol. The van der Waals surface area contributed by atoms with E-state index in [1.165, 1.54) is 6.33 Å². The van der Waals surface area contributed by atoms with Gasteiger partial charge in [0.2, 0.25) is 5.88 Å². The Hall–Kier alpha value is -4.02. The van der Waals surface area contributed by atoms with Gasteiger partial charge in [-0.15, -0.1) is 0 Å². The summed E-state index contributed by atoms with van der Waals surface area (Å²) in [5, 5.41) is 15.3. The van der Waals surface area contributed by atoms with Gasteiger partial charge in [0.15, 0.2) is 0 Å². The molecule has 7 rings (SSSR count). The predicted molar refractivity (Wildman–Crippen MR) is 160 cm³/mol. The summed E-state index contributed by atoms with van der Waals surface area (Å²) in [4.78, 5) is 20.2. The second kappa shape index (κ2) is 11.1. The van der Waals surface area contributed by atoms with Crippen molar-refractivity contribution in [3.63, 3.8) is 0 Å². The van der Waals surface area contributed by atoms with Gasteiger partial charge in [-0.3, -0.25) is 14.5 Å². The van der Waals surface area contributed by atoms with Gasteiger partial charge in [-0.25, -0.2) is 15.0 Å². The standard InChI is InChI=1S/C32H36F3N9O/c1-30(2)18-42(19-30)16-21-11-26(32(33,34)35)41-27(12-21)45-24-4-9-43(10-5-24)23-13-31(14-23,6-7-36)44-17-22(15-40-44)28-25-3-8-37-29(25)39-20-38-28/h3,8,11-12,15,17,20,23-24H,4-6,9-10,13-14,16,18-19H2,1-2H3,(H,37,38,39)/t23-,31+. The third kappa shape index (κ3) is 5.89. The molecule has 4 aromatic rings. The highest BCUT2D eigenvalue weighted by atomic mass is 19.4. The molecule has 4 aromatic heterocycles. The molecule has 236 valence electrons. The van der Waals surface area contributed by atoms with Crippen molar-refractivity contribution < 1.29 is 17.9 Å². The van der Waals surface area contributed by atoms with E-state index >= 15 is 0 Å². The van der Waals surface area contributed by atoms with E-state index in [0.29, 0.717) is 37.4 Å². The maximum Gasteiger partial charge on any atom is 0.433 e. The highest BCUT2D eigenvalue weighted by molar-refractivity contribution is 5.90. The zero-order valence-electron chi connectivity index (χ0n) is 25.4. The molecular formula is C32H36F3N9O. The molecule has 0 amide bonds. The average molecular weight is 620 g/mol. The van der Waals surface area contributed by atoms with Crippen LogP contribution in [0.25, 0.3) is 22.3 Å². The van der Waals surface area contributed by atoms with Crippen LogP contribution in [-0.2, 0) is 18.3 Å². The topological polar surface area (TPSA) is 112 Å². The number of nitrogens with zero attached hydrogens (tertiary/aromatic N) is 8. The van der Waals surface area contributed by atoms with E-state index in [2.05, 4.69) is 54.8 Å². The molecule has 10 nitrogen and oxygen atoms in total. The largest absolute Gasteiger partial charge is 0.474 e. The first-order chi connectivity index (χ1) is 21.5. The predicted octanol–water partition coefficient (Wildman–Crippen LogP) is 5.39. The number of hydrogen-bond acceptors (Lipinski definition) is 8. The van der Waals surface area contributed by atoms with Crippen molar-refractivity contribution in [1.29, 1.82) is 5.26 Å². The van der Waals surface area contributed by atoms with Crippen LogP contribution in [0.4, 0.5) is 13.2 Å². The number of nitriles is 1. The summed E-state index contributed by atoms with van der Waals surface area (Å²) in [5.41, 5.74) is 1.90. The molecule has 0 bridgehead atoms. The molecule has 2 aliphatic heterocycles. The Morgan fingerprint density at radius 3 is 2.62 bits per heavy atom. The minimum atomic E-state index is -4.54. The van der Waals surface area contributed by atoms with Crippen LogP contribution in [0.1, 0.15) is 57.2 Å². The van der Waals surface area contributed by atoms with E-state index in [1.807, 2.05) is 23.1 Å². The van der Waals surface area contributed by atoms with Crippen molar-refractivity contribution in [3.8, 4) is 23.2 Å². The van der Waals surface area contributed by atoms with E-state index < -0.39 is 11.9 Å². The lowest BCUT2D eigenvalue weighted by molar-refractivity contribution is -0.141. The SMILES string of the molecule is CC1(C)CN(Cc2cc(OC3CCN([C@H]4C[C@@](CC#N)(n5cc(-c6ncnc7[nH]ccc67)cn5)C4)CC3)nc(C(F)(F)F)c2)C1. The van der Waals surface area contributed by atoms with Crippen molar-refractivity contribution in [3.05, 3.63) is 54.4 Å². The van der Waals surface area contributed by atoms with Crippen LogP contribution in [-0.4, -0.2) is 77.8 Å². The van der Waals surface area contributed by atoms with Gasteiger partial charge in [0.1, 0.15) is 23.8 Å². The number of nitrogens with one attached hydrogen (secondary N) is 1. The number of pyridine rings is 1. The average Bonchev–Trinajstić information content (AvgIpc) is 3.64. The van der Waals surface area contributed by atoms with Crippen LogP contribution >= 0.6 is 0 Å². The first-order valence-corrected chi connectivity index (χ1v) is 15.4. The molecule has 13 heteroatoms. The van der Waals surface area contributed by atoms with Gasteiger partial charge in [0, 0.05) is 68.2 Å². The second-order valence-corrected chi connectivity index (χ2v) is 13.6. The smallest absolute Gasteiger partial charge is 0.433 e. The molecule has 0 aromatic carbocycles. The van der Waals surface area contributed by atoms with Crippen LogP contribution in [0.5, 0.6) is 5.88 Å². The van der Waals surface area contributed by atoms with Gasteiger partial charge in [-0.2, -0.15) is 23.5 Å². The first kappa shape index (κ1) is 29.7. The lowest BCUT2D eigenvalue weighted by Crippen LogP contribution is -2.58. The van der Waals surface area contributed by atoms with Crippen LogP contribution in [0.2, 0.25) is 0 Å². The Labute approximate surface area is 259 Å². The second-order valence-electron chi connectivity index (χ2n) is 13.6. The van der Waals surface area contributed by atoms with E-state index in [0.717, 1.165) is 67.4 Å². The van der Waals surface area contributed by atoms with E-state index in [-0.39, 0.29) is 22.9 Å². The molecule has 3 fully saturated rings. The number of likely N-dealkylation sites (tertiary alicyclic amines) is 2. The third-order valence-corrected chi connectivity index (χ3v) is 9.48. The number of aromatic amines is 1. The zero-order chi connectivity index (χ0) is 31.4. The quantitative estimate of drug-likeness (QED) is 0.280. The monoisotopic (exact) mass is 619 g/mol. The van der Waals surface area contributed by atoms with Gasteiger partial charge < -0.3 is 9.72 Å². The molecule has 3 aliphatic rings. The van der Waals surface area contributed by atoms with Gasteiger partial charge in [0.25, 0.3) is 0 Å². The number of ether oxygens (including phenoxy) is 1. The fourth-order valence-electron chi connectivity index (χ4n) is 7.36. The maximum atomic E-state index is 13.7. The Morgan fingerprint density at radius 1 is 1.13 bits per heavy atom. The van der Waals surface area contributed by atoms with Crippen LogP contribution in [0, 0.1) is 16.7 Å². The van der Waals surface area contributed by atoms with Crippen molar-refractivity contribution in [2.24, 2.45) is 5.41 Å². The molecule has 1 saturated carbocycles. The molecule has 2 saturated heterocycles. The van der Waals surface area contributed by atoms with Crippen molar-refractivity contribution in [2.45, 2.75) is 76.4 Å². The summed E-state index contributed by atoms with van der Waals surface area (Å²) in [6.07, 6.45) is 5.72. The summed E-state index contributed by atoms with van der Waals surface area (Å²) < 4.78 is 49.0. The Bertz CT molecular complexity index is 1720. The lowest BCUT2D eigenvalue weighted by Gasteiger charge is -2.52. The summed E-state index contributed by atoms with van der Waals surface area (Å²) in [7, 11) is 0. The molecule has 0 radical (unpaired) electrons. The van der Waals surface area contributed by atoms with Crippen LogP contribution in [0.3, 0.4) is 0 Å². The number of aromatic nitrogens is 6. The van der Waals surface area contributed by atoms with Crippen molar-refractivity contribution in [2.75, 3.05) is 26.2 Å². The summed E-state index contributed by atoms with van der Waals surface area (Å²) in [6.45, 7) is 7.99. The third-order valence-electron chi connectivity index (χ3n) is 9.48. The Morgan fingerprint density at radius 2 is 1.91 bits per heavy atom. The van der Waals surface area contributed by atoms with Gasteiger partial charge in [-0.1, -0.05) is 13.8 Å². The van der Waals surface area contributed by atoms with Crippen LogP contribution in [0.15, 0.2) is 43.1 Å². The maximum absolute atomic E-state index is 13.7. The molecule has 0 spiro atoms. The van der Waals surface area contributed by atoms with Gasteiger partial charge >= 0.3 is 6.18 Å². The van der Waals surface area contributed by atoms with Gasteiger partial charge in [0.05, 0.1) is 29.9 Å². The van der Waals surface area contributed by atoms with E-state index in [4.69, 9.17) is 4.74 Å². The molecule has 0 unspecified atom stereocenters. The first-order valence-electron chi connectivity index (χ1n) is 15.4. The highest BCUT2D eigenvalue weighted by Gasteiger charge is 2.49. The number of piperidine rings is 1. The zero-order valence-corrected chi connectivity index (χ0v) is 25.4. The summed E-state index contributed by atoms with van der Waals surface area (Å²) >= 11 is 0. The minimum Gasteiger partial charge on any atom is -0.474 e. The number of hydrogen-bond donors (Lipinski definition) is 1. The number of halogens is 3. The fraction of sp³-hybridized carbons (Fsp3) is 0.531. The van der Waals surface area contributed by atoms with E-state index in [1.54, 1.807) is 12.3 Å². The van der Waals surface area contributed by atoms with E-state index in [9.17, 15) is 18.4 Å². The molecule has 45 heavy (non-hydrogen) atoms. The minimum absolute atomic E-state index is 0.0461. The molecule has 0 atom stereocenters. The number of rotatable bonds is 8. The van der Waals surface area contributed by atoms with Crippen LogP contribution < -0.4 is 4.74 Å². The Balaban J connectivity index is 0.978. The fourth-order valence-corrected chi connectivity index (χ4v) is 7.36. The number of fused-ring (bicyclic) bond motifs is 1. The van der Waals surface area contributed by atoms with Crippen molar-refractivity contribution >= 4 is 11.0 Å². The summed E-state index contributed by atoms with van der Waals surface area (Å²) in [6, 6.07) is 7.40. The Kier molecular flexibility index (Phi) is 7.32. The molecule has 1 aliphatic carbocycles. The lowest BCUT2D eigenvalue weighted by atomic mass is 9.69. The molecule has 1 N–H and O–H groups in total. The highest BCUT2D eigenvalue weighted by Crippen LogP contribution is 2.46. The summed E-state index contributed by atoms with van der Waals surface area (Å²) in [5.74, 6) is 0.0461.